The molecule has 26 heavy (non-hydrogen) atoms. The van der Waals surface area contributed by atoms with Crippen LogP contribution in [0.2, 0.25) is 0 Å². The van der Waals surface area contributed by atoms with Crippen LogP contribution in [0.5, 0.6) is 0 Å². The Labute approximate surface area is 155 Å². The maximum Gasteiger partial charge on any atom is 0.267 e. The summed E-state index contributed by atoms with van der Waals surface area (Å²) in [4.78, 5) is 18.2. The third-order valence-corrected chi connectivity index (χ3v) is 4.26. The van der Waals surface area contributed by atoms with E-state index in [1.807, 2.05) is 12.1 Å². The van der Waals surface area contributed by atoms with E-state index in [0.717, 1.165) is 48.4 Å². The van der Waals surface area contributed by atoms with Gasteiger partial charge in [0.15, 0.2) is 0 Å². The summed E-state index contributed by atoms with van der Waals surface area (Å²) in [7, 11) is 4.14. The highest BCUT2D eigenvalue weighted by atomic mass is 16.5. The fraction of sp³-hybridized carbons (Fsp3) is 0.500. The van der Waals surface area contributed by atoms with Gasteiger partial charge in [0.25, 0.3) is 5.91 Å². The molecule has 2 rings (SSSR count). The SMILES string of the molecule is CN(C)CCn1c(CCC(C)(C)C)nc2cc(C=CC(=O)NO)ccc21. The van der Waals surface area contributed by atoms with Crippen LogP contribution in [-0.4, -0.2) is 46.2 Å². The van der Waals surface area contributed by atoms with E-state index in [1.54, 1.807) is 11.6 Å². The van der Waals surface area contributed by atoms with E-state index in [2.05, 4.69) is 50.4 Å². The zero-order chi connectivity index (χ0) is 19.3. The lowest BCUT2D eigenvalue weighted by molar-refractivity contribution is -0.124. The number of rotatable bonds is 7. The fourth-order valence-electron chi connectivity index (χ4n) is 2.74. The number of carbonyl (C=O) groups is 1. The van der Waals surface area contributed by atoms with Crippen LogP contribution < -0.4 is 5.48 Å². The topological polar surface area (TPSA) is 70.4 Å². The number of aromatic nitrogens is 2. The summed E-state index contributed by atoms with van der Waals surface area (Å²) in [6, 6.07) is 5.99. The molecule has 2 N–H and O–H groups in total. The van der Waals surface area contributed by atoms with Gasteiger partial charge in [0.1, 0.15) is 5.82 Å². The molecule has 1 heterocycles. The zero-order valence-electron chi connectivity index (χ0n) is 16.4. The Morgan fingerprint density at radius 2 is 2.08 bits per heavy atom. The van der Waals surface area contributed by atoms with E-state index in [1.165, 1.54) is 6.08 Å². The molecule has 0 spiro atoms. The van der Waals surface area contributed by atoms with Gasteiger partial charge in [0, 0.05) is 25.6 Å². The minimum atomic E-state index is -0.549. The van der Waals surface area contributed by atoms with Gasteiger partial charge in [-0.3, -0.25) is 10.0 Å². The quantitative estimate of drug-likeness (QED) is 0.453. The van der Waals surface area contributed by atoms with Gasteiger partial charge in [-0.15, -0.1) is 0 Å². The van der Waals surface area contributed by atoms with E-state index in [9.17, 15) is 4.79 Å². The van der Waals surface area contributed by atoms with Crippen molar-refractivity contribution in [1.29, 1.82) is 0 Å². The first kappa shape index (κ1) is 20.1. The number of aryl methyl sites for hydroxylation is 1. The number of benzene rings is 1. The number of hydrogen-bond donors (Lipinski definition) is 2. The van der Waals surface area contributed by atoms with Crippen LogP contribution in [-0.2, 0) is 17.8 Å². The van der Waals surface area contributed by atoms with E-state index >= 15 is 0 Å². The number of hydrogen-bond acceptors (Lipinski definition) is 4. The molecule has 0 unspecified atom stereocenters. The summed E-state index contributed by atoms with van der Waals surface area (Å²) in [5.41, 5.74) is 4.77. The second-order valence-electron chi connectivity index (χ2n) is 8.10. The maximum atomic E-state index is 11.2. The Morgan fingerprint density at radius 3 is 2.69 bits per heavy atom. The average Bonchev–Trinajstić information content (AvgIpc) is 2.92. The van der Waals surface area contributed by atoms with Crippen molar-refractivity contribution in [3.05, 3.63) is 35.7 Å². The molecule has 0 aliphatic heterocycles. The van der Waals surface area contributed by atoms with Gasteiger partial charge in [0.2, 0.25) is 0 Å². The highest BCUT2D eigenvalue weighted by Crippen LogP contribution is 2.24. The predicted molar refractivity (Wildman–Crippen MR) is 105 cm³/mol. The largest absolute Gasteiger partial charge is 0.327 e. The molecule has 1 amide bonds. The Kier molecular flexibility index (Phi) is 6.56. The van der Waals surface area contributed by atoms with E-state index in [-0.39, 0.29) is 5.41 Å². The highest BCUT2D eigenvalue weighted by Gasteiger charge is 2.15. The van der Waals surface area contributed by atoms with Crippen molar-refractivity contribution in [1.82, 2.24) is 19.9 Å². The summed E-state index contributed by atoms with van der Waals surface area (Å²) in [5.74, 6) is 0.554. The van der Waals surface area contributed by atoms with Crippen molar-refractivity contribution in [2.45, 2.75) is 40.2 Å². The van der Waals surface area contributed by atoms with Gasteiger partial charge in [-0.2, -0.15) is 0 Å². The van der Waals surface area contributed by atoms with E-state index in [0.29, 0.717) is 0 Å². The third-order valence-electron chi connectivity index (χ3n) is 4.26. The molecular formula is C20H30N4O2. The van der Waals surface area contributed by atoms with Crippen LogP contribution in [0.3, 0.4) is 0 Å². The van der Waals surface area contributed by atoms with Crippen LogP contribution >= 0.6 is 0 Å². The van der Waals surface area contributed by atoms with Gasteiger partial charge in [-0.25, -0.2) is 10.5 Å². The molecule has 142 valence electrons. The minimum absolute atomic E-state index is 0.260. The number of nitrogens with zero attached hydrogens (tertiary/aromatic N) is 3. The molecule has 1 aromatic carbocycles. The lowest BCUT2D eigenvalue weighted by atomic mass is 9.90. The molecule has 1 aromatic heterocycles. The molecule has 6 nitrogen and oxygen atoms in total. The monoisotopic (exact) mass is 358 g/mol. The summed E-state index contributed by atoms with van der Waals surface area (Å²) in [5, 5.41) is 8.58. The Bertz CT molecular complexity index is 785. The first-order chi connectivity index (χ1) is 12.2. The molecular weight excluding hydrogens is 328 g/mol. The molecule has 0 bridgehead atoms. The van der Waals surface area contributed by atoms with Crippen LogP contribution in [0.1, 0.15) is 38.6 Å². The molecule has 0 fully saturated rings. The lowest BCUT2D eigenvalue weighted by Crippen LogP contribution is -2.20. The first-order valence-corrected chi connectivity index (χ1v) is 8.95. The van der Waals surface area contributed by atoms with Gasteiger partial charge in [-0.1, -0.05) is 26.8 Å². The number of amides is 1. The molecule has 0 aliphatic carbocycles. The van der Waals surface area contributed by atoms with Gasteiger partial charge < -0.3 is 9.47 Å². The predicted octanol–water partition coefficient (Wildman–Crippen LogP) is 3.10. The Balaban J connectivity index is 2.35. The van der Waals surface area contributed by atoms with Gasteiger partial charge >= 0.3 is 0 Å². The Morgan fingerprint density at radius 1 is 1.35 bits per heavy atom. The van der Waals surface area contributed by atoms with Crippen molar-refractivity contribution >= 4 is 23.0 Å². The average molecular weight is 358 g/mol. The van der Waals surface area contributed by atoms with Crippen molar-refractivity contribution in [2.75, 3.05) is 20.6 Å². The van der Waals surface area contributed by atoms with Crippen LogP contribution in [0.15, 0.2) is 24.3 Å². The molecule has 0 saturated carbocycles. The number of nitrogens with one attached hydrogen (secondary N) is 1. The zero-order valence-corrected chi connectivity index (χ0v) is 16.4. The number of likely N-dealkylation sites (N-methyl/N-ethyl adjacent to an activating group) is 1. The summed E-state index contributed by atoms with van der Waals surface area (Å²) < 4.78 is 2.30. The smallest absolute Gasteiger partial charge is 0.267 e. The van der Waals surface area contributed by atoms with Crippen molar-refractivity contribution < 1.29 is 10.0 Å². The first-order valence-electron chi connectivity index (χ1n) is 8.95. The maximum absolute atomic E-state index is 11.2. The molecule has 6 heteroatoms. The fourth-order valence-corrected chi connectivity index (χ4v) is 2.74. The standard InChI is InChI=1S/C20H30N4O2/c1-20(2,3)11-10-18-21-16-14-15(7-9-19(25)22-26)6-8-17(16)24(18)13-12-23(4)5/h6-9,14,26H,10-13H2,1-5H3,(H,22,25). The number of fused-ring (bicyclic) bond motifs is 1. The summed E-state index contributed by atoms with van der Waals surface area (Å²) in [6.07, 6.45) is 4.97. The summed E-state index contributed by atoms with van der Waals surface area (Å²) in [6.45, 7) is 8.58. The Hall–Kier alpha value is -2.18. The molecule has 0 atom stereocenters. The van der Waals surface area contributed by atoms with Crippen molar-refractivity contribution in [3.63, 3.8) is 0 Å². The van der Waals surface area contributed by atoms with Crippen molar-refractivity contribution in [3.8, 4) is 0 Å². The lowest BCUT2D eigenvalue weighted by Gasteiger charge is -2.18. The number of imidazole rings is 1. The molecule has 0 aliphatic rings. The number of hydroxylamine groups is 1. The van der Waals surface area contributed by atoms with Crippen LogP contribution in [0.4, 0.5) is 0 Å². The van der Waals surface area contributed by atoms with Crippen LogP contribution in [0, 0.1) is 5.41 Å². The summed E-state index contributed by atoms with van der Waals surface area (Å²) >= 11 is 0. The van der Waals surface area contributed by atoms with E-state index in [4.69, 9.17) is 10.2 Å². The van der Waals surface area contributed by atoms with Gasteiger partial charge in [0.05, 0.1) is 11.0 Å². The third kappa shape index (κ3) is 5.68. The van der Waals surface area contributed by atoms with Gasteiger partial charge in [-0.05, 0) is 49.7 Å². The highest BCUT2D eigenvalue weighted by molar-refractivity contribution is 5.91. The number of carbonyl (C=O) groups excluding carboxylic acids is 1. The van der Waals surface area contributed by atoms with Crippen molar-refractivity contribution in [2.24, 2.45) is 5.41 Å². The second kappa shape index (κ2) is 8.47. The normalized spacial score (nSPS) is 12.4. The molecule has 0 radical (unpaired) electrons. The van der Waals surface area contributed by atoms with Crippen LogP contribution in [0.25, 0.3) is 17.1 Å². The van der Waals surface area contributed by atoms with E-state index < -0.39 is 5.91 Å². The molecule has 2 aromatic rings. The second-order valence-corrected chi connectivity index (χ2v) is 8.10. The minimum Gasteiger partial charge on any atom is -0.327 e. The molecule has 0 saturated heterocycles.